The summed E-state index contributed by atoms with van der Waals surface area (Å²) in [5.74, 6) is 0.0125. The van der Waals surface area contributed by atoms with Crippen molar-refractivity contribution in [1.29, 1.82) is 0 Å². The summed E-state index contributed by atoms with van der Waals surface area (Å²) >= 11 is 6.48. The first kappa shape index (κ1) is 24.0. The second-order valence-corrected chi connectivity index (χ2v) is 10.3. The van der Waals surface area contributed by atoms with E-state index < -0.39 is 9.84 Å². The zero-order chi connectivity index (χ0) is 23.6. The van der Waals surface area contributed by atoms with E-state index in [4.69, 9.17) is 16.3 Å². The Hall–Kier alpha value is -2.64. The van der Waals surface area contributed by atoms with Gasteiger partial charge in [0.15, 0.2) is 9.84 Å². The van der Waals surface area contributed by atoms with Crippen LogP contribution in [-0.2, 0) is 23.0 Å². The fraction of sp³-hybridized carbons (Fsp3) is 0.333. The number of sulfone groups is 1. The lowest BCUT2D eigenvalue weighted by Crippen LogP contribution is -2.11. The molecule has 0 N–H and O–H groups in total. The molecule has 0 bridgehead atoms. The van der Waals surface area contributed by atoms with Gasteiger partial charge in [0.25, 0.3) is 0 Å². The molecule has 170 valence electrons. The Labute approximate surface area is 194 Å². The molecule has 8 heteroatoms. The predicted octanol–water partition coefficient (Wildman–Crippen LogP) is 5.09. The lowest BCUT2D eigenvalue weighted by atomic mass is 10.0. The van der Waals surface area contributed by atoms with Crippen molar-refractivity contribution >= 4 is 27.2 Å². The van der Waals surface area contributed by atoms with Crippen LogP contribution < -0.4 is 4.74 Å². The smallest absolute Gasteiger partial charge is 0.223 e. The molecule has 0 radical (unpaired) electrons. The minimum Gasteiger partial charge on any atom is -0.472 e. The van der Waals surface area contributed by atoms with Crippen molar-refractivity contribution < 1.29 is 17.9 Å². The maximum absolute atomic E-state index is 13.5. The van der Waals surface area contributed by atoms with Crippen molar-refractivity contribution in [2.45, 2.75) is 52.2 Å². The molecule has 3 rings (SSSR count). The lowest BCUT2D eigenvalue weighted by molar-refractivity contribution is 0.103. The first-order valence-electron chi connectivity index (χ1n) is 10.3. The number of carbonyl (C=O) groups is 1. The van der Waals surface area contributed by atoms with E-state index in [1.54, 1.807) is 18.5 Å². The highest BCUT2D eigenvalue weighted by Gasteiger charge is 2.26. The molecule has 0 saturated heterocycles. The second-order valence-electron chi connectivity index (χ2n) is 7.97. The molecule has 3 aromatic rings. The molecule has 0 aliphatic carbocycles. The van der Waals surface area contributed by atoms with E-state index in [1.165, 1.54) is 12.3 Å². The van der Waals surface area contributed by atoms with Crippen LogP contribution in [0.5, 0.6) is 5.88 Å². The third-order valence-electron chi connectivity index (χ3n) is 5.21. The van der Waals surface area contributed by atoms with Crippen LogP contribution in [0.3, 0.4) is 0 Å². The highest BCUT2D eigenvalue weighted by Crippen LogP contribution is 2.33. The third-order valence-corrected chi connectivity index (χ3v) is 7.06. The van der Waals surface area contributed by atoms with Crippen LogP contribution in [0, 0.1) is 20.8 Å². The molecule has 0 unspecified atom stereocenters. The maximum Gasteiger partial charge on any atom is 0.223 e. The van der Waals surface area contributed by atoms with Crippen molar-refractivity contribution in [3.8, 4) is 5.88 Å². The number of aryl methyl sites for hydroxylation is 3. The largest absolute Gasteiger partial charge is 0.472 e. The summed E-state index contributed by atoms with van der Waals surface area (Å²) in [6, 6.07) is 9.48. The van der Waals surface area contributed by atoms with E-state index in [2.05, 4.69) is 5.10 Å². The Balaban J connectivity index is 2.02. The number of ether oxygens (including phenoxy) is 1. The molecule has 0 fully saturated rings. The standard InChI is InChI=1S/C24H27ClN2O4S/c1-6-11-27-24(31-14-18-9-7-15(2)8-10-18)20(13-26-27)22(28)19-12-16(3)23(32(5,29)30)17(4)21(19)25/h7-10,12-13H,6,11,14H2,1-5H3. The average Bonchev–Trinajstić information content (AvgIpc) is 3.11. The van der Waals surface area contributed by atoms with Gasteiger partial charge in [0.1, 0.15) is 12.2 Å². The minimum atomic E-state index is -3.48. The zero-order valence-electron chi connectivity index (χ0n) is 18.9. The SMILES string of the molecule is CCCn1ncc(C(=O)c2cc(C)c(S(C)(=O)=O)c(C)c2Cl)c1OCc1ccc(C)cc1. The van der Waals surface area contributed by atoms with Gasteiger partial charge >= 0.3 is 0 Å². The first-order valence-corrected chi connectivity index (χ1v) is 12.6. The van der Waals surface area contributed by atoms with Gasteiger partial charge in [0.2, 0.25) is 11.7 Å². The molecule has 32 heavy (non-hydrogen) atoms. The van der Waals surface area contributed by atoms with Crippen LogP contribution >= 0.6 is 11.6 Å². The maximum atomic E-state index is 13.5. The Morgan fingerprint density at radius 2 is 1.78 bits per heavy atom. The summed E-state index contributed by atoms with van der Waals surface area (Å²) < 4.78 is 32.1. The van der Waals surface area contributed by atoms with Gasteiger partial charge in [-0.15, -0.1) is 0 Å². The zero-order valence-corrected chi connectivity index (χ0v) is 20.5. The van der Waals surface area contributed by atoms with E-state index >= 15 is 0 Å². The van der Waals surface area contributed by atoms with Gasteiger partial charge < -0.3 is 4.74 Å². The highest BCUT2D eigenvalue weighted by molar-refractivity contribution is 7.90. The van der Waals surface area contributed by atoms with Gasteiger partial charge in [0.05, 0.1) is 16.1 Å². The van der Waals surface area contributed by atoms with Gasteiger partial charge in [-0.1, -0.05) is 48.4 Å². The quantitative estimate of drug-likeness (QED) is 0.425. The van der Waals surface area contributed by atoms with Crippen molar-refractivity contribution in [3.05, 3.63) is 74.9 Å². The molecular formula is C24H27ClN2O4S. The average molecular weight is 475 g/mol. The van der Waals surface area contributed by atoms with E-state index in [-0.39, 0.29) is 27.9 Å². The molecule has 0 amide bonds. The first-order chi connectivity index (χ1) is 15.0. The molecule has 0 aliphatic rings. The van der Waals surface area contributed by atoms with Crippen molar-refractivity contribution in [2.24, 2.45) is 0 Å². The third kappa shape index (κ3) is 4.89. The van der Waals surface area contributed by atoms with E-state index in [1.807, 2.05) is 38.1 Å². The topological polar surface area (TPSA) is 78.3 Å². The number of nitrogens with zero attached hydrogens (tertiary/aromatic N) is 2. The number of hydrogen-bond acceptors (Lipinski definition) is 5. The van der Waals surface area contributed by atoms with Crippen LogP contribution in [-0.4, -0.2) is 30.2 Å². The highest BCUT2D eigenvalue weighted by atomic mass is 35.5. The number of carbonyl (C=O) groups excluding carboxylic acids is 1. The number of aromatic nitrogens is 2. The van der Waals surface area contributed by atoms with Crippen LogP contribution in [0.25, 0.3) is 0 Å². The number of ketones is 1. The minimum absolute atomic E-state index is 0.119. The van der Waals surface area contributed by atoms with Crippen LogP contribution in [0.4, 0.5) is 0 Å². The van der Waals surface area contributed by atoms with E-state index in [9.17, 15) is 13.2 Å². The summed E-state index contributed by atoms with van der Waals surface area (Å²) in [5, 5.41) is 4.46. The van der Waals surface area contributed by atoms with Crippen molar-refractivity contribution in [3.63, 3.8) is 0 Å². The molecule has 6 nitrogen and oxygen atoms in total. The van der Waals surface area contributed by atoms with Gasteiger partial charge in [-0.2, -0.15) is 5.10 Å². The van der Waals surface area contributed by atoms with Crippen LogP contribution in [0.2, 0.25) is 5.02 Å². The fourth-order valence-corrected chi connectivity index (χ4v) is 5.31. The summed E-state index contributed by atoms with van der Waals surface area (Å²) in [7, 11) is -3.48. The summed E-state index contributed by atoms with van der Waals surface area (Å²) in [4.78, 5) is 13.6. The number of rotatable bonds is 8. The number of hydrogen-bond donors (Lipinski definition) is 0. The summed E-state index contributed by atoms with van der Waals surface area (Å²) in [6.07, 6.45) is 3.43. The van der Waals surface area contributed by atoms with Gasteiger partial charge in [-0.05, 0) is 49.9 Å². The molecule has 0 atom stereocenters. The van der Waals surface area contributed by atoms with Gasteiger partial charge in [0, 0.05) is 18.4 Å². The summed E-state index contributed by atoms with van der Waals surface area (Å²) in [5.41, 5.74) is 3.48. The van der Waals surface area contributed by atoms with Gasteiger partial charge in [-0.3, -0.25) is 4.79 Å². The second kappa shape index (κ2) is 9.46. The van der Waals surface area contributed by atoms with Crippen molar-refractivity contribution in [2.75, 3.05) is 6.26 Å². The van der Waals surface area contributed by atoms with Crippen LogP contribution in [0.1, 0.15) is 51.5 Å². The van der Waals surface area contributed by atoms with Crippen LogP contribution in [0.15, 0.2) is 41.4 Å². The van der Waals surface area contributed by atoms with Gasteiger partial charge in [-0.25, -0.2) is 13.1 Å². The Bertz CT molecular complexity index is 1260. The molecular weight excluding hydrogens is 448 g/mol. The Morgan fingerprint density at radius 1 is 1.12 bits per heavy atom. The van der Waals surface area contributed by atoms with E-state index in [0.29, 0.717) is 29.1 Å². The molecule has 0 saturated carbocycles. The normalized spacial score (nSPS) is 11.6. The molecule has 1 aromatic heterocycles. The monoisotopic (exact) mass is 474 g/mol. The number of halogens is 1. The van der Waals surface area contributed by atoms with Crippen molar-refractivity contribution in [1.82, 2.24) is 9.78 Å². The molecule has 0 aliphatic heterocycles. The lowest BCUT2D eigenvalue weighted by Gasteiger charge is -2.14. The number of benzene rings is 2. The Morgan fingerprint density at radius 3 is 2.38 bits per heavy atom. The molecule has 2 aromatic carbocycles. The summed E-state index contributed by atoms with van der Waals surface area (Å²) in [6.45, 7) is 8.18. The predicted molar refractivity (Wildman–Crippen MR) is 125 cm³/mol. The molecule has 0 spiro atoms. The molecule has 1 heterocycles. The fourth-order valence-electron chi connectivity index (χ4n) is 3.71. The van der Waals surface area contributed by atoms with E-state index in [0.717, 1.165) is 23.8 Å². The Kier molecular flexibility index (Phi) is 7.10.